The van der Waals surface area contributed by atoms with E-state index in [9.17, 15) is 0 Å². The summed E-state index contributed by atoms with van der Waals surface area (Å²) in [6, 6.07) is 2.10. The Balaban J connectivity index is 2.53. The lowest BCUT2D eigenvalue weighted by atomic mass is 9.97. The van der Waals surface area contributed by atoms with E-state index < -0.39 is 0 Å². The molecule has 0 aliphatic heterocycles. The topological polar surface area (TPSA) is 38.9 Å². The van der Waals surface area contributed by atoms with Crippen LogP contribution in [0.15, 0.2) is 12.3 Å². The Morgan fingerprint density at radius 3 is 2.92 bits per heavy atom. The van der Waals surface area contributed by atoms with E-state index in [-0.39, 0.29) is 0 Å². The van der Waals surface area contributed by atoms with Crippen LogP contribution in [0.4, 0.5) is 5.82 Å². The van der Waals surface area contributed by atoms with Crippen molar-refractivity contribution in [2.24, 2.45) is 5.92 Å². The average molecular weight is 162 g/mol. The van der Waals surface area contributed by atoms with Crippen LogP contribution in [-0.4, -0.2) is 4.98 Å². The molecule has 0 aromatic carbocycles. The van der Waals surface area contributed by atoms with E-state index in [0.29, 0.717) is 11.8 Å². The van der Waals surface area contributed by atoms with Gasteiger partial charge >= 0.3 is 0 Å². The van der Waals surface area contributed by atoms with Crippen LogP contribution in [0.5, 0.6) is 0 Å². The van der Waals surface area contributed by atoms with Crippen molar-refractivity contribution in [3.8, 4) is 0 Å². The molecule has 2 unspecified atom stereocenters. The Hall–Kier alpha value is -1.05. The molecule has 0 bridgehead atoms. The van der Waals surface area contributed by atoms with Crippen molar-refractivity contribution in [1.82, 2.24) is 4.98 Å². The standard InChI is InChI=1S/C10H14N2/c1-6-5-9-8(7(6)2)3-4-12-10(9)11/h3-4,6-7H,5H2,1-2H3,(H2,11,12). The number of aromatic nitrogens is 1. The molecule has 0 saturated heterocycles. The Morgan fingerprint density at radius 2 is 2.25 bits per heavy atom. The SMILES string of the molecule is CC1Cc2c(ccnc2N)C1C. The molecular formula is C10H14N2. The van der Waals surface area contributed by atoms with Crippen molar-refractivity contribution in [2.45, 2.75) is 26.2 Å². The molecule has 0 amide bonds. The zero-order chi connectivity index (χ0) is 8.72. The molecule has 0 saturated carbocycles. The summed E-state index contributed by atoms with van der Waals surface area (Å²) < 4.78 is 0. The normalized spacial score (nSPS) is 27.2. The minimum atomic E-state index is 0.644. The fourth-order valence-corrected chi connectivity index (χ4v) is 1.98. The number of fused-ring (bicyclic) bond motifs is 1. The smallest absolute Gasteiger partial charge is 0.126 e. The molecule has 0 spiro atoms. The zero-order valence-corrected chi connectivity index (χ0v) is 7.54. The van der Waals surface area contributed by atoms with Crippen molar-refractivity contribution in [3.63, 3.8) is 0 Å². The number of hydrogen-bond acceptors (Lipinski definition) is 2. The quantitative estimate of drug-likeness (QED) is 0.633. The highest BCUT2D eigenvalue weighted by molar-refractivity contribution is 5.49. The molecule has 2 heteroatoms. The van der Waals surface area contributed by atoms with Crippen molar-refractivity contribution in [1.29, 1.82) is 0 Å². The molecule has 64 valence electrons. The summed E-state index contributed by atoms with van der Waals surface area (Å²) in [5.74, 6) is 2.08. The van der Waals surface area contributed by atoms with Crippen LogP contribution in [0.2, 0.25) is 0 Å². The summed E-state index contributed by atoms with van der Waals surface area (Å²) in [4.78, 5) is 4.10. The summed E-state index contributed by atoms with van der Waals surface area (Å²) in [5.41, 5.74) is 8.46. The first kappa shape index (κ1) is 7.59. The summed E-state index contributed by atoms with van der Waals surface area (Å²) >= 11 is 0. The first-order valence-corrected chi connectivity index (χ1v) is 4.43. The molecule has 1 aliphatic carbocycles. The summed E-state index contributed by atoms with van der Waals surface area (Å²) in [6.45, 7) is 4.53. The molecule has 0 radical (unpaired) electrons. The van der Waals surface area contributed by atoms with Crippen molar-refractivity contribution in [2.75, 3.05) is 5.73 Å². The number of nitrogens with zero attached hydrogens (tertiary/aromatic N) is 1. The molecule has 1 heterocycles. The number of nitrogens with two attached hydrogens (primary N) is 1. The summed E-state index contributed by atoms with van der Waals surface area (Å²) in [6.07, 6.45) is 2.90. The van der Waals surface area contributed by atoms with Gasteiger partial charge in [-0.05, 0) is 35.4 Å². The highest BCUT2D eigenvalue weighted by Gasteiger charge is 2.27. The van der Waals surface area contributed by atoms with Gasteiger partial charge in [-0.2, -0.15) is 0 Å². The molecule has 1 aliphatic rings. The molecule has 12 heavy (non-hydrogen) atoms. The van der Waals surface area contributed by atoms with Gasteiger partial charge in [-0.25, -0.2) is 4.98 Å². The van der Waals surface area contributed by atoms with Crippen LogP contribution in [0, 0.1) is 5.92 Å². The third-order valence-electron chi connectivity index (χ3n) is 3.00. The lowest BCUT2D eigenvalue weighted by Gasteiger charge is -2.08. The largest absolute Gasteiger partial charge is 0.383 e. The van der Waals surface area contributed by atoms with E-state index in [2.05, 4.69) is 24.9 Å². The fraction of sp³-hybridized carbons (Fsp3) is 0.500. The first-order valence-electron chi connectivity index (χ1n) is 4.43. The van der Waals surface area contributed by atoms with Gasteiger partial charge in [-0.3, -0.25) is 0 Å². The minimum absolute atomic E-state index is 0.644. The van der Waals surface area contributed by atoms with Crippen LogP contribution in [-0.2, 0) is 6.42 Å². The van der Waals surface area contributed by atoms with E-state index in [1.807, 2.05) is 6.20 Å². The number of anilines is 1. The third kappa shape index (κ3) is 0.909. The Bertz CT molecular complexity index is 307. The second-order valence-electron chi connectivity index (χ2n) is 3.73. The molecule has 2 rings (SSSR count). The summed E-state index contributed by atoms with van der Waals surface area (Å²) in [5, 5.41) is 0. The van der Waals surface area contributed by atoms with Crippen molar-refractivity contribution < 1.29 is 0 Å². The molecule has 0 fully saturated rings. The van der Waals surface area contributed by atoms with Crippen LogP contribution < -0.4 is 5.73 Å². The van der Waals surface area contributed by atoms with E-state index in [0.717, 1.165) is 12.2 Å². The van der Waals surface area contributed by atoms with E-state index in [4.69, 9.17) is 5.73 Å². The zero-order valence-electron chi connectivity index (χ0n) is 7.54. The van der Waals surface area contributed by atoms with Gasteiger partial charge in [0.05, 0.1) is 0 Å². The Morgan fingerprint density at radius 1 is 1.50 bits per heavy atom. The predicted molar refractivity (Wildman–Crippen MR) is 49.9 cm³/mol. The maximum atomic E-state index is 5.79. The minimum Gasteiger partial charge on any atom is -0.383 e. The monoisotopic (exact) mass is 162 g/mol. The maximum absolute atomic E-state index is 5.79. The molecular weight excluding hydrogens is 148 g/mol. The van der Waals surface area contributed by atoms with Crippen LogP contribution in [0.3, 0.4) is 0 Å². The number of rotatable bonds is 0. The fourth-order valence-electron chi connectivity index (χ4n) is 1.98. The molecule has 1 aromatic heterocycles. The number of hydrogen-bond donors (Lipinski definition) is 1. The second-order valence-corrected chi connectivity index (χ2v) is 3.73. The van der Waals surface area contributed by atoms with Gasteiger partial charge in [0.15, 0.2) is 0 Å². The highest BCUT2D eigenvalue weighted by Crippen LogP contribution is 2.38. The third-order valence-corrected chi connectivity index (χ3v) is 3.00. The average Bonchev–Trinajstić information content (AvgIpc) is 2.32. The van der Waals surface area contributed by atoms with Gasteiger partial charge in [0.2, 0.25) is 0 Å². The van der Waals surface area contributed by atoms with Crippen molar-refractivity contribution in [3.05, 3.63) is 23.4 Å². The van der Waals surface area contributed by atoms with Gasteiger partial charge in [0, 0.05) is 6.20 Å². The predicted octanol–water partition coefficient (Wildman–Crippen LogP) is 1.96. The van der Waals surface area contributed by atoms with Gasteiger partial charge in [-0.1, -0.05) is 13.8 Å². The molecule has 1 aromatic rings. The molecule has 2 N–H and O–H groups in total. The first-order chi connectivity index (χ1) is 5.70. The number of nitrogen functional groups attached to an aromatic ring is 1. The van der Waals surface area contributed by atoms with E-state index in [1.54, 1.807) is 0 Å². The number of pyridine rings is 1. The van der Waals surface area contributed by atoms with Crippen molar-refractivity contribution >= 4 is 5.82 Å². The Labute approximate surface area is 72.8 Å². The van der Waals surface area contributed by atoms with E-state index in [1.165, 1.54) is 11.1 Å². The van der Waals surface area contributed by atoms with Gasteiger partial charge < -0.3 is 5.73 Å². The van der Waals surface area contributed by atoms with Gasteiger partial charge in [0.1, 0.15) is 5.82 Å². The lowest BCUT2D eigenvalue weighted by molar-refractivity contribution is 0.532. The maximum Gasteiger partial charge on any atom is 0.126 e. The second kappa shape index (κ2) is 2.47. The van der Waals surface area contributed by atoms with Gasteiger partial charge in [-0.15, -0.1) is 0 Å². The van der Waals surface area contributed by atoms with Crippen LogP contribution in [0.25, 0.3) is 0 Å². The molecule has 2 atom stereocenters. The van der Waals surface area contributed by atoms with Gasteiger partial charge in [0.25, 0.3) is 0 Å². The Kier molecular flexibility index (Phi) is 1.56. The lowest BCUT2D eigenvalue weighted by Crippen LogP contribution is -1.97. The van der Waals surface area contributed by atoms with Crippen LogP contribution >= 0.6 is 0 Å². The van der Waals surface area contributed by atoms with E-state index >= 15 is 0 Å². The highest BCUT2D eigenvalue weighted by atomic mass is 14.8. The molecule has 2 nitrogen and oxygen atoms in total. The van der Waals surface area contributed by atoms with Crippen LogP contribution in [0.1, 0.15) is 30.9 Å². The summed E-state index contributed by atoms with van der Waals surface area (Å²) in [7, 11) is 0.